The number of hydrogen-bond donors (Lipinski definition) is 1. The number of carbonyl (C=O) groups is 1. The molecule has 2 rings (SSSR count). The molecule has 0 saturated heterocycles. The molecule has 0 atom stereocenters. The standard InChI is InChI=1S/C10H15N5O/c1-2-7-15(8-5-3-4-6-8)10(16)9-11-13-14-12-9/h2,8H,1,3-7H2,(H,11,12,13,14). The molecule has 16 heavy (non-hydrogen) atoms. The van der Waals surface area contributed by atoms with Crippen LogP contribution in [0, 0.1) is 0 Å². The highest BCUT2D eigenvalue weighted by Gasteiger charge is 2.28. The summed E-state index contributed by atoms with van der Waals surface area (Å²) in [5, 5.41) is 13.1. The Kier molecular flexibility index (Phi) is 3.28. The number of carbonyl (C=O) groups excluding carboxylic acids is 1. The van der Waals surface area contributed by atoms with Gasteiger partial charge in [-0.25, -0.2) is 0 Å². The highest BCUT2D eigenvalue weighted by Crippen LogP contribution is 2.24. The molecule has 6 nitrogen and oxygen atoms in total. The Hall–Kier alpha value is -1.72. The van der Waals surface area contributed by atoms with Gasteiger partial charge in [0, 0.05) is 12.6 Å². The first-order chi connectivity index (χ1) is 7.83. The summed E-state index contributed by atoms with van der Waals surface area (Å²) in [7, 11) is 0. The number of amides is 1. The van der Waals surface area contributed by atoms with E-state index in [1.165, 1.54) is 12.8 Å². The molecule has 0 unspecified atom stereocenters. The molecule has 1 heterocycles. The van der Waals surface area contributed by atoms with Crippen LogP contribution in [-0.4, -0.2) is 44.0 Å². The predicted molar refractivity (Wildman–Crippen MR) is 57.7 cm³/mol. The number of nitrogens with one attached hydrogen (secondary N) is 1. The van der Waals surface area contributed by atoms with E-state index in [-0.39, 0.29) is 11.7 Å². The van der Waals surface area contributed by atoms with Gasteiger partial charge in [0.05, 0.1) is 0 Å². The highest BCUT2D eigenvalue weighted by molar-refractivity contribution is 5.90. The molecule has 1 amide bonds. The molecule has 0 spiro atoms. The molecule has 1 aliphatic rings. The Balaban J connectivity index is 2.12. The van der Waals surface area contributed by atoms with Crippen molar-refractivity contribution in [2.45, 2.75) is 31.7 Å². The van der Waals surface area contributed by atoms with E-state index in [1.54, 1.807) is 11.0 Å². The molecule has 1 fully saturated rings. The molecular formula is C10H15N5O. The third kappa shape index (κ3) is 2.10. The lowest BCUT2D eigenvalue weighted by Gasteiger charge is -2.26. The quantitative estimate of drug-likeness (QED) is 0.762. The van der Waals surface area contributed by atoms with Crippen molar-refractivity contribution in [1.82, 2.24) is 25.5 Å². The molecule has 1 saturated carbocycles. The fourth-order valence-corrected chi connectivity index (χ4v) is 2.13. The lowest BCUT2D eigenvalue weighted by Crippen LogP contribution is -2.39. The van der Waals surface area contributed by atoms with Gasteiger partial charge in [-0.15, -0.1) is 16.8 Å². The van der Waals surface area contributed by atoms with Crippen LogP contribution in [0.4, 0.5) is 0 Å². The Morgan fingerprint density at radius 2 is 2.31 bits per heavy atom. The van der Waals surface area contributed by atoms with Crippen molar-refractivity contribution < 1.29 is 4.79 Å². The van der Waals surface area contributed by atoms with Gasteiger partial charge in [-0.2, -0.15) is 5.21 Å². The van der Waals surface area contributed by atoms with Crippen LogP contribution in [0.15, 0.2) is 12.7 Å². The Morgan fingerprint density at radius 1 is 1.56 bits per heavy atom. The summed E-state index contributed by atoms with van der Waals surface area (Å²) in [4.78, 5) is 13.9. The van der Waals surface area contributed by atoms with Crippen LogP contribution in [0.2, 0.25) is 0 Å². The second kappa shape index (κ2) is 4.87. The largest absolute Gasteiger partial charge is 0.329 e. The van der Waals surface area contributed by atoms with Crippen LogP contribution in [-0.2, 0) is 0 Å². The van der Waals surface area contributed by atoms with Crippen molar-refractivity contribution in [3.05, 3.63) is 18.5 Å². The summed E-state index contributed by atoms with van der Waals surface area (Å²) in [6.07, 6.45) is 6.20. The zero-order valence-corrected chi connectivity index (χ0v) is 9.09. The summed E-state index contributed by atoms with van der Waals surface area (Å²) in [6.45, 7) is 4.22. The minimum Gasteiger partial charge on any atom is -0.329 e. The molecule has 0 aliphatic heterocycles. The molecule has 1 aromatic heterocycles. The second-order valence-electron chi connectivity index (χ2n) is 3.92. The summed E-state index contributed by atoms with van der Waals surface area (Å²) in [5.41, 5.74) is 0. The van der Waals surface area contributed by atoms with Gasteiger partial charge in [-0.05, 0) is 18.1 Å². The smallest absolute Gasteiger partial charge is 0.295 e. The molecule has 1 N–H and O–H groups in total. The molecule has 0 aromatic carbocycles. The zero-order valence-electron chi connectivity index (χ0n) is 9.09. The Labute approximate surface area is 93.7 Å². The van der Waals surface area contributed by atoms with Crippen molar-refractivity contribution in [2.75, 3.05) is 6.54 Å². The third-order valence-electron chi connectivity index (χ3n) is 2.89. The highest BCUT2D eigenvalue weighted by atomic mass is 16.2. The number of aromatic nitrogens is 4. The van der Waals surface area contributed by atoms with E-state index in [4.69, 9.17) is 0 Å². The maximum atomic E-state index is 12.1. The molecule has 86 valence electrons. The Bertz CT molecular complexity index is 355. The summed E-state index contributed by atoms with van der Waals surface area (Å²) < 4.78 is 0. The minimum atomic E-state index is -0.166. The maximum absolute atomic E-state index is 12.1. The van der Waals surface area contributed by atoms with Gasteiger partial charge in [0.1, 0.15) is 0 Å². The lowest BCUT2D eigenvalue weighted by atomic mass is 10.2. The number of tetrazole rings is 1. The number of rotatable bonds is 4. The average molecular weight is 221 g/mol. The molecular weight excluding hydrogens is 206 g/mol. The van der Waals surface area contributed by atoms with Gasteiger partial charge < -0.3 is 4.90 Å². The van der Waals surface area contributed by atoms with E-state index in [0.717, 1.165) is 12.8 Å². The average Bonchev–Trinajstić information content (AvgIpc) is 2.96. The SMILES string of the molecule is C=CCN(C(=O)c1nn[nH]n1)C1CCCC1. The molecule has 0 radical (unpaired) electrons. The van der Waals surface area contributed by atoms with Gasteiger partial charge in [0.25, 0.3) is 11.7 Å². The van der Waals surface area contributed by atoms with Crippen LogP contribution in [0.1, 0.15) is 36.3 Å². The van der Waals surface area contributed by atoms with E-state index in [0.29, 0.717) is 12.6 Å². The number of nitrogens with zero attached hydrogens (tertiary/aromatic N) is 4. The zero-order chi connectivity index (χ0) is 11.4. The first kappa shape index (κ1) is 10.8. The molecule has 0 bridgehead atoms. The van der Waals surface area contributed by atoms with Crippen LogP contribution >= 0.6 is 0 Å². The molecule has 1 aromatic rings. The van der Waals surface area contributed by atoms with Gasteiger partial charge in [-0.3, -0.25) is 4.79 Å². The van der Waals surface area contributed by atoms with Crippen molar-refractivity contribution in [3.63, 3.8) is 0 Å². The van der Waals surface area contributed by atoms with Crippen molar-refractivity contribution >= 4 is 5.91 Å². The van der Waals surface area contributed by atoms with E-state index in [2.05, 4.69) is 27.2 Å². The second-order valence-corrected chi connectivity index (χ2v) is 3.92. The van der Waals surface area contributed by atoms with Crippen LogP contribution < -0.4 is 0 Å². The van der Waals surface area contributed by atoms with Crippen LogP contribution in [0.3, 0.4) is 0 Å². The lowest BCUT2D eigenvalue weighted by molar-refractivity contribution is 0.0694. The van der Waals surface area contributed by atoms with E-state index in [1.807, 2.05) is 0 Å². The topological polar surface area (TPSA) is 74.8 Å². The van der Waals surface area contributed by atoms with Crippen LogP contribution in [0.5, 0.6) is 0 Å². The van der Waals surface area contributed by atoms with Gasteiger partial charge in [-0.1, -0.05) is 18.9 Å². The summed E-state index contributed by atoms with van der Waals surface area (Å²) in [6, 6.07) is 0.295. The minimum absolute atomic E-state index is 0.133. The number of aromatic amines is 1. The fourth-order valence-electron chi connectivity index (χ4n) is 2.13. The van der Waals surface area contributed by atoms with E-state index >= 15 is 0 Å². The van der Waals surface area contributed by atoms with Crippen LogP contribution in [0.25, 0.3) is 0 Å². The normalized spacial score (nSPS) is 16.2. The summed E-state index contributed by atoms with van der Waals surface area (Å²) in [5.74, 6) is -0.0331. The molecule has 6 heteroatoms. The van der Waals surface area contributed by atoms with Crippen molar-refractivity contribution in [2.24, 2.45) is 0 Å². The van der Waals surface area contributed by atoms with Gasteiger partial charge >= 0.3 is 0 Å². The maximum Gasteiger partial charge on any atom is 0.295 e. The van der Waals surface area contributed by atoms with Crippen molar-refractivity contribution in [3.8, 4) is 0 Å². The number of H-pyrrole nitrogens is 1. The van der Waals surface area contributed by atoms with E-state index in [9.17, 15) is 4.79 Å². The summed E-state index contributed by atoms with van der Waals surface area (Å²) >= 11 is 0. The first-order valence-electron chi connectivity index (χ1n) is 5.48. The van der Waals surface area contributed by atoms with Crippen molar-refractivity contribution in [1.29, 1.82) is 0 Å². The fraction of sp³-hybridized carbons (Fsp3) is 0.600. The first-order valence-corrected chi connectivity index (χ1v) is 5.48. The molecule has 1 aliphatic carbocycles. The Morgan fingerprint density at radius 3 is 2.88 bits per heavy atom. The number of hydrogen-bond acceptors (Lipinski definition) is 4. The monoisotopic (exact) mass is 221 g/mol. The third-order valence-corrected chi connectivity index (χ3v) is 2.89. The predicted octanol–water partition coefficient (Wildman–Crippen LogP) is 0.770. The van der Waals surface area contributed by atoms with E-state index < -0.39 is 0 Å². The van der Waals surface area contributed by atoms with Gasteiger partial charge in [0.2, 0.25) is 0 Å². The van der Waals surface area contributed by atoms with Gasteiger partial charge in [0.15, 0.2) is 0 Å².